The van der Waals surface area contributed by atoms with Gasteiger partial charge < -0.3 is 14.5 Å². The van der Waals surface area contributed by atoms with Crippen LogP contribution in [-0.2, 0) is 4.79 Å². The molecular weight excluding hydrogens is 280 g/mol. The van der Waals surface area contributed by atoms with Crippen molar-refractivity contribution in [1.29, 1.82) is 5.26 Å². The highest BCUT2D eigenvalue weighted by molar-refractivity contribution is 5.93. The van der Waals surface area contributed by atoms with Gasteiger partial charge in [0.25, 0.3) is 0 Å². The van der Waals surface area contributed by atoms with Gasteiger partial charge in [0.15, 0.2) is 0 Å². The number of amides is 1. The second-order valence-corrected chi connectivity index (χ2v) is 4.95. The summed E-state index contributed by atoms with van der Waals surface area (Å²) in [7, 11) is 1.59. The molecule has 0 fully saturated rings. The number of furan rings is 1. The summed E-state index contributed by atoms with van der Waals surface area (Å²) in [6, 6.07) is 13.0. The Balaban J connectivity index is 2.02. The Bertz CT molecular complexity index is 739. The molecule has 0 bridgehead atoms. The summed E-state index contributed by atoms with van der Waals surface area (Å²) in [5, 5.41) is 12.0. The quantitative estimate of drug-likeness (QED) is 0.944. The first-order valence-corrected chi connectivity index (χ1v) is 6.83. The van der Waals surface area contributed by atoms with Crippen molar-refractivity contribution in [3.8, 4) is 11.8 Å². The molecule has 3 rings (SSSR count). The molecule has 22 heavy (non-hydrogen) atoms. The fourth-order valence-corrected chi connectivity index (χ4v) is 2.52. The van der Waals surface area contributed by atoms with Crippen molar-refractivity contribution in [3.05, 3.63) is 60.1 Å². The second-order valence-electron chi connectivity index (χ2n) is 4.95. The van der Waals surface area contributed by atoms with Crippen molar-refractivity contribution in [2.24, 2.45) is 5.92 Å². The van der Waals surface area contributed by atoms with Gasteiger partial charge in [-0.3, -0.25) is 4.79 Å². The molecule has 2 heterocycles. The van der Waals surface area contributed by atoms with E-state index in [0.29, 0.717) is 11.5 Å². The van der Waals surface area contributed by atoms with Crippen LogP contribution in [0, 0.1) is 17.2 Å². The van der Waals surface area contributed by atoms with Crippen LogP contribution in [0.4, 0.5) is 0 Å². The zero-order valence-corrected chi connectivity index (χ0v) is 11.9. The Morgan fingerprint density at radius 1 is 1.27 bits per heavy atom. The van der Waals surface area contributed by atoms with Gasteiger partial charge in [-0.05, 0) is 35.9 Å². The molecule has 0 radical (unpaired) electrons. The van der Waals surface area contributed by atoms with E-state index in [1.807, 2.05) is 30.3 Å². The first kappa shape index (κ1) is 14.0. The first-order chi connectivity index (χ1) is 10.7. The van der Waals surface area contributed by atoms with Crippen LogP contribution in [0.25, 0.3) is 5.70 Å². The standard InChI is InChI=1S/C17H14N2O3/c1-21-12-6-4-11(5-7-12)13-9-15(16-3-2-8-22-16)19-17(20)14(13)10-18/h2-9,13-14H,1H3,(H,19,20)/t13-,14-/m0/s1. The fraction of sp³-hybridized carbons (Fsp3) is 0.176. The Kier molecular flexibility index (Phi) is 3.67. The summed E-state index contributed by atoms with van der Waals surface area (Å²) in [5.41, 5.74) is 1.47. The lowest BCUT2D eigenvalue weighted by atomic mass is 9.83. The minimum Gasteiger partial charge on any atom is -0.497 e. The van der Waals surface area contributed by atoms with Gasteiger partial charge in [0, 0.05) is 5.92 Å². The van der Waals surface area contributed by atoms with Crippen molar-refractivity contribution in [3.63, 3.8) is 0 Å². The molecular formula is C17H14N2O3. The van der Waals surface area contributed by atoms with Gasteiger partial charge in [-0.25, -0.2) is 0 Å². The van der Waals surface area contributed by atoms with Crippen LogP contribution in [-0.4, -0.2) is 13.0 Å². The smallest absolute Gasteiger partial charge is 0.242 e. The Labute approximate surface area is 127 Å². The van der Waals surface area contributed by atoms with Crippen LogP contribution in [0.3, 0.4) is 0 Å². The van der Waals surface area contributed by atoms with Crippen molar-refractivity contribution in [2.75, 3.05) is 7.11 Å². The molecule has 0 aliphatic carbocycles. The number of nitrogens with zero attached hydrogens (tertiary/aromatic N) is 1. The number of carbonyl (C=O) groups excluding carboxylic acids is 1. The molecule has 1 amide bonds. The highest BCUT2D eigenvalue weighted by atomic mass is 16.5. The third-order valence-electron chi connectivity index (χ3n) is 3.67. The summed E-state index contributed by atoms with van der Waals surface area (Å²) in [6.45, 7) is 0. The zero-order valence-electron chi connectivity index (χ0n) is 11.9. The molecule has 5 heteroatoms. The second kappa shape index (κ2) is 5.78. The van der Waals surface area contributed by atoms with Gasteiger partial charge in [-0.1, -0.05) is 12.1 Å². The highest BCUT2D eigenvalue weighted by Crippen LogP contribution is 2.33. The summed E-state index contributed by atoms with van der Waals surface area (Å²) >= 11 is 0. The van der Waals surface area contributed by atoms with E-state index in [1.54, 1.807) is 25.5 Å². The molecule has 0 spiro atoms. The Morgan fingerprint density at radius 3 is 2.64 bits per heavy atom. The average Bonchev–Trinajstić information content (AvgIpc) is 3.08. The average molecular weight is 294 g/mol. The van der Waals surface area contributed by atoms with Crippen LogP contribution in [0.15, 0.2) is 53.2 Å². The normalized spacial score (nSPS) is 20.7. The van der Waals surface area contributed by atoms with Crippen LogP contribution in [0.5, 0.6) is 5.75 Å². The third-order valence-corrected chi connectivity index (χ3v) is 3.67. The van der Waals surface area contributed by atoms with Crippen molar-refractivity contribution < 1.29 is 13.9 Å². The summed E-state index contributed by atoms with van der Waals surface area (Å²) in [4.78, 5) is 12.2. The van der Waals surface area contributed by atoms with Crippen LogP contribution < -0.4 is 10.1 Å². The molecule has 0 unspecified atom stereocenters. The van der Waals surface area contributed by atoms with Gasteiger partial charge in [-0.2, -0.15) is 5.26 Å². The lowest BCUT2D eigenvalue weighted by molar-refractivity contribution is -0.122. The van der Waals surface area contributed by atoms with Gasteiger partial charge in [0.2, 0.25) is 5.91 Å². The van der Waals surface area contributed by atoms with E-state index in [-0.39, 0.29) is 11.8 Å². The zero-order chi connectivity index (χ0) is 15.5. The molecule has 1 aromatic heterocycles. The molecule has 2 atom stereocenters. The summed E-state index contributed by atoms with van der Waals surface area (Å²) < 4.78 is 10.5. The van der Waals surface area contributed by atoms with Gasteiger partial charge in [0.05, 0.1) is 25.1 Å². The minimum atomic E-state index is -0.771. The molecule has 1 aliphatic rings. The number of nitriles is 1. The molecule has 1 aromatic carbocycles. The lowest BCUT2D eigenvalue weighted by Gasteiger charge is -2.25. The number of benzene rings is 1. The molecule has 1 N–H and O–H groups in total. The Hall–Kier alpha value is -3.00. The topological polar surface area (TPSA) is 75.3 Å². The SMILES string of the molecule is COc1ccc([C@@H]2C=C(c3ccco3)NC(=O)[C@H]2C#N)cc1. The maximum absolute atomic E-state index is 12.2. The molecule has 5 nitrogen and oxygen atoms in total. The van der Waals surface area contributed by atoms with Gasteiger partial charge in [-0.15, -0.1) is 0 Å². The van der Waals surface area contributed by atoms with Crippen molar-refractivity contribution in [2.45, 2.75) is 5.92 Å². The number of rotatable bonds is 3. The van der Waals surface area contributed by atoms with E-state index < -0.39 is 5.92 Å². The molecule has 0 saturated carbocycles. The van der Waals surface area contributed by atoms with Gasteiger partial charge in [0.1, 0.15) is 17.4 Å². The van der Waals surface area contributed by atoms with E-state index in [9.17, 15) is 10.1 Å². The van der Waals surface area contributed by atoms with Crippen LogP contribution in [0.2, 0.25) is 0 Å². The van der Waals surface area contributed by atoms with E-state index >= 15 is 0 Å². The number of methoxy groups -OCH3 is 1. The molecule has 2 aromatic rings. The molecule has 1 aliphatic heterocycles. The van der Waals surface area contributed by atoms with Gasteiger partial charge >= 0.3 is 0 Å². The largest absolute Gasteiger partial charge is 0.497 e. The first-order valence-electron chi connectivity index (χ1n) is 6.83. The lowest BCUT2D eigenvalue weighted by Crippen LogP contribution is -2.36. The number of allylic oxidation sites excluding steroid dienone is 1. The molecule has 110 valence electrons. The monoisotopic (exact) mass is 294 g/mol. The highest BCUT2D eigenvalue weighted by Gasteiger charge is 2.33. The third kappa shape index (κ3) is 2.47. The number of hydrogen-bond acceptors (Lipinski definition) is 4. The van der Waals surface area contributed by atoms with Crippen molar-refractivity contribution in [1.82, 2.24) is 5.32 Å². The predicted molar refractivity (Wildman–Crippen MR) is 79.7 cm³/mol. The van der Waals surface area contributed by atoms with E-state index in [1.165, 1.54) is 0 Å². The maximum Gasteiger partial charge on any atom is 0.242 e. The fourth-order valence-electron chi connectivity index (χ4n) is 2.52. The van der Waals surface area contributed by atoms with Crippen molar-refractivity contribution >= 4 is 11.6 Å². The number of carbonyl (C=O) groups is 1. The van der Waals surface area contributed by atoms with E-state index in [2.05, 4.69) is 11.4 Å². The van der Waals surface area contributed by atoms with Crippen LogP contribution in [0.1, 0.15) is 17.2 Å². The number of hydrogen-bond donors (Lipinski definition) is 1. The predicted octanol–water partition coefficient (Wildman–Crippen LogP) is 2.68. The Morgan fingerprint density at radius 2 is 2.05 bits per heavy atom. The van der Waals surface area contributed by atoms with Crippen LogP contribution >= 0.6 is 0 Å². The molecule has 0 saturated heterocycles. The van der Waals surface area contributed by atoms with E-state index in [4.69, 9.17) is 9.15 Å². The number of nitrogens with one attached hydrogen (secondary N) is 1. The van der Waals surface area contributed by atoms with E-state index in [0.717, 1.165) is 11.3 Å². The number of ether oxygens (including phenoxy) is 1. The minimum absolute atomic E-state index is 0.322. The summed E-state index contributed by atoms with van der Waals surface area (Å²) in [5.74, 6) is -0.120. The summed E-state index contributed by atoms with van der Waals surface area (Å²) in [6.07, 6.45) is 3.40. The maximum atomic E-state index is 12.2.